The van der Waals surface area contributed by atoms with Gasteiger partial charge in [0, 0.05) is 25.7 Å². The number of alkyl halides is 2. The predicted molar refractivity (Wildman–Crippen MR) is 102 cm³/mol. The van der Waals surface area contributed by atoms with Crippen molar-refractivity contribution in [1.82, 2.24) is 29.3 Å². The van der Waals surface area contributed by atoms with Gasteiger partial charge in [-0.05, 0) is 24.5 Å². The number of nitrogens with zero attached hydrogens (tertiary/aromatic N) is 6. The molecule has 3 aromatic rings. The van der Waals surface area contributed by atoms with Crippen molar-refractivity contribution < 1.29 is 17.2 Å². The Kier molecular flexibility index (Phi) is 5.13. The number of nitrogens with one attached hydrogen (secondary N) is 1. The van der Waals surface area contributed by atoms with E-state index in [1.807, 2.05) is 4.90 Å². The summed E-state index contributed by atoms with van der Waals surface area (Å²) in [5, 5.41) is 3.96. The van der Waals surface area contributed by atoms with E-state index in [9.17, 15) is 17.2 Å². The lowest BCUT2D eigenvalue weighted by atomic mass is 10.1. The molecule has 0 bridgehead atoms. The summed E-state index contributed by atoms with van der Waals surface area (Å²) < 4.78 is 52.5. The van der Waals surface area contributed by atoms with Gasteiger partial charge in [0.1, 0.15) is 23.5 Å². The summed E-state index contributed by atoms with van der Waals surface area (Å²) >= 11 is 0. The number of rotatable bonds is 6. The molecule has 0 aromatic carbocycles. The second-order valence-corrected chi connectivity index (χ2v) is 8.79. The van der Waals surface area contributed by atoms with Crippen molar-refractivity contribution in [3.63, 3.8) is 0 Å². The van der Waals surface area contributed by atoms with Gasteiger partial charge in [-0.3, -0.25) is 0 Å². The van der Waals surface area contributed by atoms with E-state index in [4.69, 9.17) is 0 Å². The molecule has 29 heavy (non-hydrogen) atoms. The molecule has 4 heterocycles. The van der Waals surface area contributed by atoms with Crippen LogP contribution in [0.1, 0.15) is 18.5 Å². The number of sulfonamides is 1. The molecule has 1 fully saturated rings. The molecule has 1 atom stereocenters. The maximum Gasteiger partial charge on any atom is 0.282 e. The SMILES string of the molecule is CS(=O)(=O)NCC1CCN(c2cc(-c3cnc4ccc(C(F)F)nn34)ncn2)C1. The van der Waals surface area contributed by atoms with E-state index in [0.29, 0.717) is 35.9 Å². The molecule has 1 aliphatic rings. The number of imidazole rings is 1. The van der Waals surface area contributed by atoms with Gasteiger partial charge in [-0.2, -0.15) is 5.10 Å². The first-order chi connectivity index (χ1) is 13.8. The molecule has 1 unspecified atom stereocenters. The van der Waals surface area contributed by atoms with Gasteiger partial charge in [-0.1, -0.05) is 0 Å². The molecule has 0 radical (unpaired) electrons. The minimum Gasteiger partial charge on any atom is -0.356 e. The van der Waals surface area contributed by atoms with Gasteiger partial charge >= 0.3 is 0 Å². The second kappa shape index (κ2) is 7.59. The molecule has 0 spiro atoms. The van der Waals surface area contributed by atoms with Crippen LogP contribution in [0.25, 0.3) is 17.0 Å². The second-order valence-electron chi connectivity index (χ2n) is 6.96. The molecule has 0 aliphatic carbocycles. The quantitative estimate of drug-likeness (QED) is 0.640. The third-order valence-electron chi connectivity index (χ3n) is 4.77. The molecule has 3 aromatic heterocycles. The van der Waals surface area contributed by atoms with Crippen molar-refractivity contribution >= 4 is 21.5 Å². The van der Waals surface area contributed by atoms with Crippen LogP contribution in [0.15, 0.2) is 30.7 Å². The van der Waals surface area contributed by atoms with E-state index in [-0.39, 0.29) is 11.6 Å². The minimum absolute atomic E-state index is 0.175. The van der Waals surface area contributed by atoms with Crippen molar-refractivity contribution in [2.24, 2.45) is 5.92 Å². The van der Waals surface area contributed by atoms with E-state index < -0.39 is 16.4 Å². The van der Waals surface area contributed by atoms with Gasteiger partial charge in [-0.25, -0.2) is 41.4 Å². The smallest absolute Gasteiger partial charge is 0.282 e. The summed E-state index contributed by atoms with van der Waals surface area (Å²) in [6.45, 7) is 1.76. The number of halogens is 2. The topological polar surface area (TPSA) is 105 Å². The molecule has 4 rings (SSSR count). The summed E-state index contributed by atoms with van der Waals surface area (Å²) in [4.78, 5) is 14.8. The largest absolute Gasteiger partial charge is 0.356 e. The Labute approximate surface area is 165 Å². The maximum atomic E-state index is 13.0. The van der Waals surface area contributed by atoms with Crippen molar-refractivity contribution in [2.75, 3.05) is 30.8 Å². The first kappa shape index (κ1) is 19.6. The minimum atomic E-state index is -3.22. The maximum absolute atomic E-state index is 13.0. The third kappa shape index (κ3) is 4.32. The number of hydrogen-bond donors (Lipinski definition) is 1. The van der Waals surface area contributed by atoms with E-state index in [2.05, 4.69) is 24.8 Å². The van der Waals surface area contributed by atoms with Gasteiger partial charge in [-0.15, -0.1) is 0 Å². The first-order valence-corrected chi connectivity index (χ1v) is 10.8. The normalized spacial score (nSPS) is 17.5. The molecule has 1 saturated heterocycles. The number of fused-ring (bicyclic) bond motifs is 1. The molecule has 154 valence electrons. The third-order valence-corrected chi connectivity index (χ3v) is 5.46. The highest BCUT2D eigenvalue weighted by Gasteiger charge is 2.25. The van der Waals surface area contributed by atoms with E-state index in [1.54, 1.807) is 6.07 Å². The van der Waals surface area contributed by atoms with Gasteiger partial charge in [0.25, 0.3) is 6.43 Å². The van der Waals surface area contributed by atoms with E-state index >= 15 is 0 Å². The molecule has 1 N–H and O–H groups in total. The van der Waals surface area contributed by atoms with Crippen LogP contribution in [0.2, 0.25) is 0 Å². The zero-order valence-corrected chi connectivity index (χ0v) is 16.4. The van der Waals surface area contributed by atoms with Crippen LogP contribution in [-0.4, -0.2) is 58.9 Å². The fourth-order valence-corrected chi connectivity index (χ4v) is 3.85. The van der Waals surface area contributed by atoms with Gasteiger partial charge in [0.05, 0.1) is 18.1 Å². The summed E-state index contributed by atoms with van der Waals surface area (Å²) in [6.07, 6.45) is 2.23. The van der Waals surface area contributed by atoms with Crippen LogP contribution in [0.3, 0.4) is 0 Å². The van der Waals surface area contributed by atoms with Gasteiger partial charge in [0.2, 0.25) is 10.0 Å². The zero-order chi connectivity index (χ0) is 20.6. The Morgan fingerprint density at radius 3 is 2.86 bits per heavy atom. The first-order valence-electron chi connectivity index (χ1n) is 8.95. The number of aromatic nitrogens is 5. The number of anilines is 1. The molecular formula is C17H19F2N7O2S. The molecular weight excluding hydrogens is 404 g/mol. The van der Waals surface area contributed by atoms with Crippen LogP contribution in [0.5, 0.6) is 0 Å². The van der Waals surface area contributed by atoms with Crippen LogP contribution < -0.4 is 9.62 Å². The number of hydrogen-bond acceptors (Lipinski definition) is 7. The molecule has 0 amide bonds. The Balaban J connectivity index is 1.57. The molecule has 12 heteroatoms. The Morgan fingerprint density at radius 2 is 2.10 bits per heavy atom. The van der Waals surface area contributed by atoms with E-state index in [0.717, 1.165) is 19.2 Å². The Hall–Kier alpha value is -2.73. The summed E-state index contributed by atoms with van der Waals surface area (Å²) in [7, 11) is -3.22. The summed E-state index contributed by atoms with van der Waals surface area (Å²) in [5.41, 5.74) is 1.10. The Morgan fingerprint density at radius 1 is 1.28 bits per heavy atom. The Bertz CT molecular complexity index is 1140. The van der Waals surface area contributed by atoms with Crippen LogP contribution in [0.4, 0.5) is 14.6 Å². The van der Waals surface area contributed by atoms with Crippen LogP contribution in [0, 0.1) is 5.92 Å². The van der Waals surface area contributed by atoms with Crippen molar-refractivity contribution in [3.8, 4) is 11.4 Å². The van der Waals surface area contributed by atoms with Crippen molar-refractivity contribution in [2.45, 2.75) is 12.8 Å². The summed E-state index contributed by atoms with van der Waals surface area (Å²) in [5.74, 6) is 0.853. The molecule has 0 saturated carbocycles. The highest BCUT2D eigenvalue weighted by atomic mass is 32.2. The van der Waals surface area contributed by atoms with Crippen LogP contribution in [-0.2, 0) is 10.0 Å². The van der Waals surface area contributed by atoms with Crippen molar-refractivity contribution in [3.05, 3.63) is 36.4 Å². The highest BCUT2D eigenvalue weighted by molar-refractivity contribution is 7.88. The lowest BCUT2D eigenvalue weighted by molar-refractivity contribution is 0.144. The van der Waals surface area contributed by atoms with Crippen molar-refractivity contribution in [1.29, 1.82) is 0 Å². The molecule has 1 aliphatic heterocycles. The fraction of sp³-hybridized carbons (Fsp3) is 0.412. The predicted octanol–water partition coefficient (Wildman–Crippen LogP) is 1.50. The van der Waals surface area contributed by atoms with Crippen LogP contribution >= 0.6 is 0 Å². The zero-order valence-electron chi connectivity index (χ0n) is 15.5. The average Bonchev–Trinajstić information content (AvgIpc) is 3.32. The monoisotopic (exact) mass is 423 g/mol. The molecule has 9 nitrogen and oxygen atoms in total. The lowest BCUT2D eigenvalue weighted by Gasteiger charge is -2.18. The lowest BCUT2D eigenvalue weighted by Crippen LogP contribution is -2.30. The standard InChI is InChI=1S/C17H19F2N7O2S/c1-29(27,28)23-7-11-4-5-25(9-11)16-6-13(21-10-22-16)14-8-20-15-3-2-12(17(18)19)24-26(14)15/h2-3,6,8,10-11,17,23H,4-5,7,9H2,1H3. The van der Waals surface area contributed by atoms with Gasteiger partial charge < -0.3 is 4.90 Å². The fourth-order valence-electron chi connectivity index (χ4n) is 3.32. The summed E-state index contributed by atoms with van der Waals surface area (Å²) in [6, 6.07) is 4.49. The highest BCUT2D eigenvalue weighted by Crippen LogP contribution is 2.26. The van der Waals surface area contributed by atoms with E-state index in [1.165, 1.54) is 29.2 Å². The average molecular weight is 423 g/mol. The van der Waals surface area contributed by atoms with Gasteiger partial charge in [0.15, 0.2) is 5.65 Å².